The Bertz CT molecular complexity index is 779. The molecule has 0 radical (unpaired) electrons. The van der Waals surface area contributed by atoms with E-state index in [0.29, 0.717) is 23.8 Å². The van der Waals surface area contributed by atoms with Crippen LogP contribution in [0, 0.1) is 5.92 Å². The smallest absolute Gasteiger partial charge is 0.257 e. The summed E-state index contributed by atoms with van der Waals surface area (Å²) in [6, 6.07) is 17.1. The zero-order valence-corrected chi connectivity index (χ0v) is 15.5. The largest absolute Gasteiger partial charge is 0.484 e. The summed E-state index contributed by atoms with van der Waals surface area (Å²) in [7, 11) is 1.57. The van der Waals surface area contributed by atoms with Gasteiger partial charge < -0.3 is 20.3 Å². The molecule has 0 saturated carbocycles. The number of nitrogens with zero attached hydrogens (tertiary/aromatic N) is 1. The lowest BCUT2D eigenvalue weighted by atomic mass is 10.1. The van der Waals surface area contributed by atoms with Gasteiger partial charge in [-0.2, -0.15) is 0 Å². The maximum absolute atomic E-state index is 12.1. The predicted molar refractivity (Wildman–Crippen MR) is 105 cm³/mol. The van der Waals surface area contributed by atoms with Crippen LogP contribution in [0.4, 0.5) is 5.69 Å². The van der Waals surface area contributed by atoms with Crippen LogP contribution in [0.3, 0.4) is 0 Å². The van der Waals surface area contributed by atoms with Gasteiger partial charge in [0.25, 0.3) is 11.8 Å². The Morgan fingerprint density at radius 1 is 1.15 bits per heavy atom. The molecule has 2 aromatic carbocycles. The van der Waals surface area contributed by atoms with Crippen LogP contribution in [-0.4, -0.2) is 45.1 Å². The third-order valence-electron chi connectivity index (χ3n) is 4.69. The molecule has 1 unspecified atom stereocenters. The van der Waals surface area contributed by atoms with E-state index in [9.17, 15) is 9.59 Å². The number of carbonyl (C=O) groups is 2. The Morgan fingerprint density at radius 2 is 1.96 bits per heavy atom. The SMILES string of the molecule is CNC(=O)c1cccc(OCC(=O)NCC2CCN(c3ccccc3)C2)c1. The zero-order valence-electron chi connectivity index (χ0n) is 15.5. The van der Waals surface area contributed by atoms with Crippen LogP contribution >= 0.6 is 0 Å². The topological polar surface area (TPSA) is 70.7 Å². The van der Waals surface area contributed by atoms with Crippen molar-refractivity contribution in [1.29, 1.82) is 0 Å². The van der Waals surface area contributed by atoms with E-state index in [1.165, 1.54) is 5.69 Å². The van der Waals surface area contributed by atoms with E-state index in [-0.39, 0.29) is 18.4 Å². The molecule has 1 aliphatic heterocycles. The molecule has 0 bridgehead atoms. The van der Waals surface area contributed by atoms with Crippen LogP contribution in [0.15, 0.2) is 54.6 Å². The number of anilines is 1. The summed E-state index contributed by atoms with van der Waals surface area (Å²) >= 11 is 0. The zero-order chi connectivity index (χ0) is 19.1. The van der Waals surface area contributed by atoms with E-state index in [1.54, 1.807) is 31.3 Å². The maximum Gasteiger partial charge on any atom is 0.257 e. The molecule has 2 N–H and O–H groups in total. The molecule has 2 amide bonds. The number of ether oxygens (including phenoxy) is 1. The van der Waals surface area contributed by atoms with Crippen molar-refractivity contribution < 1.29 is 14.3 Å². The van der Waals surface area contributed by atoms with E-state index in [2.05, 4.69) is 27.7 Å². The first-order chi connectivity index (χ1) is 13.2. The number of hydrogen-bond donors (Lipinski definition) is 2. The van der Waals surface area contributed by atoms with E-state index in [1.807, 2.05) is 18.2 Å². The summed E-state index contributed by atoms with van der Waals surface area (Å²) in [4.78, 5) is 26.0. The number of carbonyl (C=O) groups excluding carboxylic acids is 2. The molecule has 6 nitrogen and oxygen atoms in total. The van der Waals surface area contributed by atoms with Gasteiger partial charge in [-0.25, -0.2) is 0 Å². The Balaban J connectivity index is 1.41. The van der Waals surface area contributed by atoms with Gasteiger partial charge in [-0.15, -0.1) is 0 Å². The molecule has 0 spiro atoms. The average Bonchev–Trinajstić information content (AvgIpc) is 3.20. The molecule has 6 heteroatoms. The second-order valence-electron chi connectivity index (χ2n) is 6.64. The van der Waals surface area contributed by atoms with Gasteiger partial charge in [-0.1, -0.05) is 24.3 Å². The quantitative estimate of drug-likeness (QED) is 0.786. The van der Waals surface area contributed by atoms with Gasteiger partial charge in [0.2, 0.25) is 0 Å². The minimum atomic E-state index is -0.186. The van der Waals surface area contributed by atoms with Gasteiger partial charge in [-0.3, -0.25) is 9.59 Å². The number of hydrogen-bond acceptors (Lipinski definition) is 4. The molecule has 1 atom stereocenters. The van der Waals surface area contributed by atoms with Gasteiger partial charge in [0.1, 0.15) is 5.75 Å². The van der Waals surface area contributed by atoms with Gasteiger partial charge in [-0.05, 0) is 42.7 Å². The molecule has 0 aliphatic carbocycles. The maximum atomic E-state index is 12.1. The molecular weight excluding hydrogens is 342 g/mol. The summed E-state index contributed by atoms with van der Waals surface area (Å²) in [6.45, 7) is 2.53. The van der Waals surface area contributed by atoms with Crippen molar-refractivity contribution in [3.63, 3.8) is 0 Å². The lowest BCUT2D eigenvalue weighted by molar-refractivity contribution is -0.123. The average molecular weight is 367 g/mol. The Morgan fingerprint density at radius 3 is 2.74 bits per heavy atom. The normalized spacial score (nSPS) is 16.0. The van der Waals surface area contributed by atoms with Crippen molar-refractivity contribution in [3.05, 3.63) is 60.2 Å². The Labute approximate surface area is 159 Å². The first kappa shape index (κ1) is 18.8. The molecule has 1 saturated heterocycles. The summed E-state index contributed by atoms with van der Waals surface area (Å²) in [5, 5.41) is 5.51. The van der Waals surface area contributed by atoms with Crippen molar-refractivity contribution in [2.75, 3.05) is 38.2 Å². The molecule has 2 aromatic rings. The number of amides is 2. The molecule has 27 heavy (non-hydrogen) atoms. The lowest BCUT2D eigenvalue weighted by Gasteiger charge is -2.18. The van der Waals surface area contributed by atoms with Crippen molar-refractivity contribution in [1.82, 2.24) is 10.6 Å². The first-order valence-corrected chi connectivity index (χ1v) is 9.17. The van der Waals surface area contributed by atoms with Crippen molar-refractivity contribution in [2.45, 2.75) is 6.42 Å². The van der Waals surface area contributed by atoms with Crippen molar-refractivity contribution in [3.8, 4) is 5.75 Å². The van der Waals surface area contributed by atoms with E-state index < -0.39 is 0 Å². The summed E-state index contributed by atoms with van der Waals surface area (Å²) in [5.41, 5.74) is 1.73. The molecule has 0 aromatic heterocycles. The molecule has 1 heterocycles. The third-order valence-corrected chi connectivity index (χ3v) is 4.69. The highest BCUT2D eigenvalue weighted by Crippen LogP contribution is 2.22. The highest BCUT2D eigenvalue weighted by atomic mass is 16.5. The second-order valence-corrected chi connectivity index (χ2v) is 6.64. The summed E-state index contributed by atoms with van der Waals surface area (Å²) < 4.78 is 5.51. The van der Waals surface area contributed by atoms with Crippen LogP contribution in [0.5, 0.6) is 5.75 Å². The van der Waals surface area contributed by atoms with Crippen LogP contribution < -0.4 is 20.3 Å². The predicted octanol–water partition coefficient (Wildman–Crippen LogP) is 2.07. The third kappa shape index (κ3) is 5.23. The van der Waals surface area contributed by atoms with E-state index in [0.717, 1.165) is 19.5 Å². The fraction of sp³-hybridized carbons (Fsp3) is 0.333. The van der Waals surface area contributed by atoms with Gasteiger partial charge >= 0.3 is 0 Å². The number of benzene rings is 2. The van der Waals surface area contributed by atoms with Gasteiger partial charge in [0.05, 0.1) is 0 Å². The fourth-order valence-electron chi connectivity index (χ4n) is 3.20. The highest BCUT2D eigenvalue weighted by Gasteiger charge is 2.23. The molecule has 1 fully saturated rings. The molecule has 3 rings (SSSR count). The highest BCUT2D eigenvalue weighted by molar-refractivity contribution is 5.94. The minimum Gasteiger partial charge on any atom is -0.484 e. The Hall–Kier alpha value is -3.02. The van der Waals surface area contributed by atoms with Crippen LogP contribution in [0.1, 0.15) is 16.8 Å². The summed E-state index contributed by atoms with van der Waals surface area (Å²) in [6.07, 6.45) is 1.06. The van der Waals surface area contributed by atoms with Gasteiger partial charge in [0, 0.05) is 37.9 Å². The van der Waals surface area contributed by atoms with E-state index in [4.69, 9.17) is 4.74 Å². The number of nitrogens with one attached hydrogen (secondary N) is 2. The van der Waals surface area contributed by atoms with Crippen LogP contribution in [0.2, 0.25) is 0 Å². The summed E-state index contributed by atoms with van der Waals surface area (Å²) in [5.74, 6) is 0.598. The monoisotopic (exact) mass is 367 g/mol. The van der Waals surface area contributed by atoms with Crippen LogP contribution in [-0.2, 0) is 4.79 Å². The van der Waals surface area contributed by atoms with Crippen molar-refractivity contribution in [2.24, 2.45) is 5.92 Å². The lowest BCUT2D eigenvalue weighted by Crippen LogP contribution is -2.34. The molecule has 1 aliphatic rings. The van der Waals surface area contributed by atoms with Crippen LogP contribution in [0.25, 0.3) is 0 Å². The minimum absolute atomic E-state index is 0.0632. The molecule has 142 valence electrons. The van der Waals surface area contributed by atoms with Crippen molar-refractivity contribution >= 4 is 17.5 Å². The standard InChI is InChI=1S/C21H25N3O3/c1-22-21(26)17-6-5-9-19(12-17)27-15-20(25)23-13-16-10-11-24(14-16)18-7-3-2-4-8-18/h2-9,12,16H,10-11,13-15H2,1H3,(H,22,26)(H,23,25). The fourth-order valence-corrected chi connectivity index (χ4v) is 3.20. The first-order valence-electron chi connectivity index (χ1n) is 9.17. The van der Waals surface area contributed by atoms with E-state index >= 15 is 0 Å². The molecular formula is C21H25N3O3. The number of rotatable bonds is 7. The second kappa shape index (κ2) is 9.07. The van der Waals surface area contributed by atoms with Gasteiger partial charge in [0.15, 0.2) is 6.61 Å². The Kier molecular flexibility index (Phi) is 6.30. The number of para-hydroxylation sites is 1.